The van der Waals surface area contributed by atoms with E-state index in [4.69, 9.17) is 4.89 Å². The number of cyclic esters (lactones) is 1. The van der Waals surface area contributed by atoms with Crippen molar-refractivity contribution in [3.8, 4) is 0 Å². The van der Waals surface area contributed by atoms with Crippen LogP contribution in [0.15, 0.2) is 0 Å². The zero-order valence-corrected chi connectivity index (χ0v) is 5.91. The monoisotopic (exact) mass is 165 g/mol. The predicted octanol–water partition coefficient (Wildman–Crippen LogP) is -0.0318. The minimum Gasteiger partial charge on any atom is -0.464 e. The Balaban J connectivity index is 2.40. The molecule has 10 heavy (non-hydrogen) atoms. The van der Waals surface area contributed by atoms with Crippen molar-refractivity contribution in [3.63, 3.8) is 0 Å². The summed E-state index contributed by atoms with van der Waals surface area (Å²) < 4.78 is 18.8. The van der Waals surface area contributed by atoms with Crippen molar-refractivity contribution in [3.05, 3.63) is 0 Å². The van der Waals surface area contributed by atoms with Crippen LogP contribution < -0.4 is 0 Å². The maximum atomic E-state index is 10.5. The van der Waals surface area contributed by atoms with E-state index in [2.05, 4.69) is 9.26 Å². The quantitative estimate of drug-likeness (QED) is 0.459. The molecule has 1 fully saturated rings. The average molecular weight is 165 g/mol. The predicted molar refractivity (Wildman–Crippen MR) is 30.3 cm³/mol. The number of hydrogen-bond acceptors (Lipinski definition) is 4. The molecule has 0 spiro atoms. The van der Waals surface area contributed by atoms with E-state index in [1.165, 1.54) is 0 Å². The Morgan fingerprint density at radius 1 is 1.80 bits per heavy atom. The first kappa shape index (κ1) is 7.60. The number of rotatable bonds is 2. The van der Waals surface area contributed by atoms with Gasteiger partial charge in [-0.05, 0) is 0 Å². The van der Waals surface area contributed by atoms with Crippen LogP contribution in [0.1, 0.15) is 6.42 Å². The molecule has 1 rings (SSSR count). The van der Waals surface area contributed by atoms with E-state index >= 15 is 0 Å². The van der Waals surface area contributed by atoms with Gasteiger partial charge < -0.3 is 4.74 Å². The van der Waals surface area contributed by atoms with E-state index in [1.807, 2.05) is 0 Å². The number of ether oxygens (including phenoxy) is 1. The second-order valence-electron chi connectivity index (χ2n) is 1.79. The Morgan fingerprint density at radius 2 is 2.50 bits per heavy atom. The highest BCUT2D eigenvalue weighted by molar-refractivity contribution is 7.32. The summed E-state index contributed by atoms with van der Waals surface area (Å²) in [6.07, 6.45) is -0.478. The molecule has 1 heterocycles. The van der Waals surface area contributed by atoms with Crippen LogP contribution in [0, 0.1) is 0 Å². The lowest BCUT2D eigenvalue weighted by Crippen LogP contribution is -2.14. The molecular formula is C4H6O5P+. The Morgan fingerprint density at radius 3 is 2.90 bits per heavy atom. The maximum absolute atomic E-state index is 10.5. The molecule has 6 heteroatoms. The first-order valence-corrected chi connectivity index (χ1v) is 3.82. The smallest absolute Gasteiger partial charge is 0.464 e. The average Bonchev–Trinajstić information content (AvgIpc) is 2.15. The first-order valence-electron chi connectivity index (χ1n) is 2.69. The van der Waals surface area contributed by atoms with Gasteiger partial charge in [0, 0.05) is 11.0 Å². The lowest BCUT2D eigenvalue weighted by Gasteiger charge is -1.91. The molecule has 0 aromatic heterocycles. The van der Waals surface area contributed by atoms with Gasteiger partial charge in [-0.25, -0.2) is 4.79 Å². The number of esters is 1. The Hall–Kier alpha value is -0.510. The maximum Gasteiger partial charge on any atom is 0.695 e. The van der Waals surface area contributed by atoms with Crippen LogP contribution in [-0.4, -0.2) is 23.6 Å². The molecule has 1 saturated heterocycles. The van der Waals surface area contributed by atoms with Gasteiger partial charge in [0.25, 0.3) is 0 Å². The summed E-state index contributed by atoms with van der Waals surface area (Å²) in [7, 11) is -2.69. The SMILES string of the molecule is O=C1OCCC1O[P+](=O)O. The van der Waals surface area contributed by atoms with E-state index in [9.17, 15) is 9.36 Å². The van der Waals surface area contributed by atoms with Gasteiger partial charge in [0.1, 0.15) is 0 Å². The summed E-state index contributed by atoms with van der Waals surface area (Å²) >= 11 is 0. The van der Waals surface area contributed by atoms with Crippen molar-refractivity contribution in [1.29, 1.82) is 0 Å². The van der Waals surface area contributed by atoms with Gasteiger partial charge >= 0.3 is 14.2 Å². The second kappa shape index (κ2) is 3.05. The summed E-state index contributed by atoms with van der Waals surface area (Å²) in [5.41, 5.74) is 0. The normalized spacial score (nSPS) is 26.3. The van der Waals surface area contributed by atoms with Crippen molar-refractivity contribution in [2.24, 2.45) is 0 Å². The van der Waals surface area contributed by atoms with Crippen LogP contribution in [0.4, 0.5) is 0 Å². The highest BCUT2D eigenvalue weighted by Crippen LogP contribution is 2.23. The molecule has 0 radical (unpaired) electrons. The number of carbonyl (C=O) groups excluding carboxylic acids is 1. The summed E-state index contributed by atoms with van der Waals surface area (Å²) in [6, 6.07) is 0. The number of carbonyl (C=O) groups is 1. The molecule has 2 unspecified atom stereocenters. The van der Waals surface area contributed by atoms with Crippen LogP contribution in [0.5, 0.6) is 0 Å². The molecule has 0 saturated carbocycles. The Bertz CT molecular complexity index is 167. The third-order valence-corrected chi connectivity index (χ3v) is 1.54. The van der Waals surface area contributed by atoms with Crippen LogP contribution in [0.25, 0.3) is 0 Å². The zero-order valence-electron chi connectivity index (χ0n) is 5.02. The topological polar surface area (TPSA) is 72.8 Å². The summed E-state index contributed by atoms with van der Waals surface area (Å²) in [5.74, 6) is -0.558. The van der Waals surface area contributed by atoms with Gasteiger partial charge in [0.2, 0.25) is 6.10 Å². The van der Waals surface area contributed by atoms with E-state index in [0.29, 0.717) is 6.42 Å². The van der Waals surface area contributed by atoms with Gasteiger partial charge in [0.05, 0.1) is 6.61 Å². The molecule has 5 nitrogen and oxygen atoms in total. The van der Waals surface area contributed by atoms with Gasteiger partial charge in [-0.2, -0.15) is 0 Å². The molecule has 0 bridgehead atoms. The zero-order chi connectivity index (χ0) is 7.56. The minimum absolute atomic E-state index is 0.271. The third kappa shape index (κ3) is 1.73. The highest BCUT2D eigenvalue weighted by Gasteiger charge is 2.35. The molecule has 0 aromatic carbocycles. The molecule has 0 amide bonds. The summed E-state index contributed by atoms with van der Waals surface area (Å²) in [4.78, 5) is 18.7. The molecule has 1 aliphatic rings. The number of hydrogen-bond donors (Lipinski definition) is 1. The Kier molecular flexibility index (Phi) is 2.32. The van der Waals surface area contributed by atoms with Crippen LogP contribution in [0.3, 0.4) is 0 Å². The van der Waals surface area contributed by atoms with Gasteiger partial charge in [0.15, 0.2) is 0 Å². The fourth-order valence-corrected chi connectivity index (χ4v) is 1.09. The fourth-order valence-electron chi connectivity index (χ4n) is 0.682. The van der Waals surface area contributed by atoms with Crippen LogP contribution in [0.2, 0.25) is 0 Å². The second-order valence-corrected chi connectivity index (χ2v) is 2.47. The van der Waals surface area contributed by atoms with Crippen LogP contribution >= 0.6 is 8.25 Å². The van der Waals surface area contributed by atoms with Crippen molar-refractivity contribution in [1.82, 2.24) is 0 Å². The summed E-state index contributed by atoms with van der Waals surface area (Å²) in [5, 5.41) is 0. The van der Waals surface area contributed by atoms with E-state index in [0.717, 1.165) is 0 Å². The first-order chi connectivity index (χ1) is 4.70. The van der Waals surface area contributed by atoms with Crippen molar-refractivity contribution < 1.29 is 23.5 Å². The lowest BCUT2D eigenvalue weighted by molar-refractivity contribution is -0.143. The van der Waals surface area contributed by atoms with E-state index < -0.39 is 20.3 Å². The molecule has 2 atom stereocenters. The Labute approximate surface area is 57.9 Å². The van der Waals surface area contributed by atoms with Crippen LogP contribution in [-0.2, 0) is 18.6 Å². The van der Waals surface area contributed by atoms with Crippen molar-refractivity contribution >= 4 is 14.2 Å². The molecule has 1 N–H and O–H groups in total. The van der Waals surface area contributed by atoms with Crippen molar-refractivity contribution in [2.45, 2.75) is 12.5 Å². The molecule has 0 aliphatic carbocycles. The van der Waals surface area contributed by atoms with Crippen molar-refractivity contribution in [2.75, 3.05) is 6.61 Å². The van der Waals surface area contributed by atoms with Gasteiger partial charge in [-0.3, -0.25) is 0 Å². The van der Waals surface area contributed by atoms with Gasteiger partial charge in [-0.1, -0.05) is 0 Å². The summed E-state index contributed by atoms with van der Waals surface area (Å²) in [6.45, 7) is 0.271. The van der Waals surface area contributed by atoms with E-state index in [1.54, 1.807) is 0 Å². The molecule has 1 aliphatic heterocycles. The third-order valence-electron chi connectivity index (χ3n) is 1.10. The molecule has 0 aromatic rings. The molecular weight excluding hydrogens is 159 g/mol. The fraction of sp³-hybridized carbons (Fsp3) is 0.750. The minimum atomic E-state index is -2.69. The molecule has 56 valence electrons. The largest absolute Gasteiger partial charge is 0.695 e. The standard InChI is InChI=1S/C4H5O5P/c5-4-3(1-2-8-4)9-10(6)7/h3H,1-2H2/p+1. The lowest BCUT2D eigenvalue weighted by atomic mass is 10.3. The van der Waals surface area contributed by atoms with E-state index in [-0.39, 0.29) is 6.61 Å². The van der Waals surface area contributed by atoms with Gasteiger partial charge in [-0.15, -0.1) is 9.42 Å². The highest BCUT2D eigenvalue weighted by atomic mass is 31.1.